The molecule has 0 aliphatic heterocycles. The Morgan fingerprint density at radius 2 is 1.83 bits per heavy atom. The third-order valence-electron chi connectivity index (χ3n) is 7.17. The first kappa shape index (κ1) is 25.5. The molecule has 3 N–H and O–H groups in total. The summed E-state index contributed by atoms with van der Waals surface area (Å²) in [6, 6.07) is 0.158. The Labute approximate surface area is 224 Å². The number of thioether (sulfide) groups is 1. The molecule has 0 fully saturated rings. The third-order valence-corrected chi connectivity index (χ3v) is 10.3. The highest BCUT2D eigenvalue weighted by Crippen LogP contribution is 2.41. The van der Waals surface area contributed by atoms with Gasteiger partial charge in [0, 0.05) is 26.7 Å². The van der Waals surface area contributed by atoms with Crippen molar-refractivity contribution in [3.05, 3.63) is 31.8 Å². The molecule has 36 heavy (non-hydrogen) atoms. The van der Waals surface area contributed by atoms with Crippen LogP contribution in [0.1, 0.15) is 77.8 Å². The van der Waals surface area contributed by atoms with Gasteiger partial charge in [-0.2, -0.15) is 0 Å². The molecular formula is C26H33N5O2S3. The molecule has 10 heteroatoms. The topological polar surface area (TPSA) is 103 Å². The van der Waals surface area contributed by atoms with E-state index in [-0.39, 0.29) is 17.7 Å². The highest BCUT2D eigenvalue weighted by atomic mass is 32.2. The van der Waals surface area contributed by atoms with E-state index in [0.29, 0.717) is 16.5 Å². The van der Waals surface area contributed by atoms with Crippen LogP contribution in [0.2, 0.25) is 0 Å². The van der Waals surface area contributed by atoms with Gasteiger partial charge in [0.25, 0.3) is 5.91 Å². The van der Waals surface area contributed by atoms with E-state index < -0.39 is 5.91 Å². The monoisotopic (exact) mass is 543 g/mol. The van der Waals surface area contributed by atoms with E-state index in [1.807, 2.05) is 11.3 Å². The quantitative estimate of drug-likeness (QED) is 0.371. The van der Waals surface area contributed by atoms with Crippen LogP contribution in [0.3, 0.4) is 0 Å². The van der Waals surface area contributed by atoms with Crippen LogP contribution in [-0.4, -0.2) is 32.3 Å². The minimum Gasteiger partial charge on any atom is -0.365 e. The number of hydrogen-bond acceptors (Lipinski definition) is 7. The lowest BCUT2D eigenvalue weighted by atomic mass is 9.88. The van der Waals surface area contributed by atoms with Crippen molar-refractivity contribution in [2.75, 3.05) is 11.1 Å². The number of amides is 2. The highest BCUT2D eigenvalue weighted by molar-refractivity contribution is 7.99. The summed E-state index contributed by atoms with van der Waals surface area (Å²) in [6.07, 6.45) is 6.21. The van der Waals surface area contributed by atoms with E-state index in [1.54, 1.807) is 0 Å². The van der Waals surface area contributed by atoms with Crippen molar-refractivity contribution in [3.8, 4) is 11.4 Å². The van der Waals surface area contributed by atoms with E-state index in [4.69, 9.17) is 5.73 Å². The summed E-state index contributed by atoms with van der Waals surface area (Å²) in [7, 11) is 0. The van der Waals surface area contributed by atoms with Gasteiger partial charge in [0.1, 0.15) is 5.00 Å². The van der Waals surface area contributed by atoms with Crippen LogP contribution in [-0.2, 0) is 30.5 Å². The second-order valence-electron chi connectivity index (χ2n) is 10.4. The van der Waals surface area contributed by atoms with Crippen molar-refractivity contribution in [1.82, 2.24) is 14.8 Å². The summed E-state index contributed by atoms with van der Waals surface area (Å²) in [4.78, 5) is 27.8. The summed E-state index contributed by atoms with van der Waals surface area (Å²) in [5.41, 5.74) is 9.81. The van der Waals surface area contributed by atoms with Crippen LogP contribution in [0.25, 0.3) is 11.4 Å². The van der Waals surface area contributed by atoms with Gasteiger partial charge in [-0.25, -0.2) is 0 Å². The van der Waals surface area contributed by atoms with Crippen molar-refractivity contribution in [2.24, 2.45) is 17.6 Å². The van der Waals surface area contributed by atoms with E-state index in [1.165, 1.54) is 50.4 Å². The summed E-state index contributed by atoms with van der Waals surface area (Å²) in [5.74, 6) is 1.73. The second kappa shape index (κ2) is 10.3. The van der Waals surface area contributed by atoms with Gasteiger partial charge in [-0.1, -0.05) is 25.6 Å². The Bertz CT molecular complexity index is 1310. The molecule has 3 aromatic rings. The lowest BCUT2D eigenvalue weighted by molar-refractivity contribution is -0.113. The van der Waals surface area contributed by atoms with Crippen molar-refractivity contribution in [3.63, 3.8) is 0 Å². The smallest absolute Gasteiger partial charge is 0.251 e. The summed E-state index contributed by atoms with van der Waals surface area (Å²) >= 11 is 4.70. The lowest BCUT2D eigenvalue weighted by Gasteiger charge is -2.19. The lowest BCUT2D eigenvalue weighted by Crippen LogP contribution is -2.20. The summed E-state index contributed by atoms with van der Waals surface area (Å²) in [6.45, 7) is 8.77. The Hall–Kier alpha value is -2.17. The molecule has 0 bridgehead atoms. The molecule has 2 aliphatic carbocycles. The van der Waals surface area contributed by atoms with Crippen LogP contribution in [0.4, 0.5) is 5.00 Å². The fraction of sp³-hybridized carbons (Fsp3) is 0.538. The number of carbonyl (C=O) groups is 2. The molecule has 0 saturated heterocycles. The van der Waals surface area contributed by atoms with Gasteiger partial charge in [0.05, 0.1) is 11.3 Å². The summed E-state index contributed by atoms with van der Waals surface area (Å²) < 4.78 is 2.14. The van der Waals surface area contributed by atoms with Gasteiger partial charge in [0.15, 0.2) is 11.0 Å². The molecule has 3 aromatic heterocycles. The highest BCUT2D eigenvalue weighted by Gasteiger charge is 2.28. The molecule has 2 aliphatic rings. The Kier molecular flexibility index (Phi) is 7.29. The first-order chi connectivity index (χ1) is 17.2. The Balaban J connectivity index is 1.33. The maximum atomic E-state index is 12.9. The second-order valence-corrected chi connectivity index (χ2v) is 13.4. The molecular weight excluding hydrogens is 511 g/mol. The van der Waals surface area contributed by atoms with Crippen LogP contribution < -0.4 is 11.1 Å². The van der Waals surface area contributed by atoms with Gasteiger partial charge in [-0.05, 0) is 75.3 Å². The zero-order valence-corrected chi connectivity index (χ0v) is 23.7. The fourth-order valence-corrected chi connectivity index (χ4v) is 8.82. The minimum absolute atomic E-state index is 0.158. The van der Waals surface area contributed by atoms with E-state index in [2.05, 4.69) is 53.2 Å². The van der Waals surface area contributed by atoms with Crippen molar-refractivity contribution >= 4 is 51.3 Å². The molecule has 3 heterocycles. The van der Waals surface area contributed by atoms with Gasteiger partial charge in [-0.3, -0.25) is 14.2 Å². The number of nitrogens with zero attached hydrogens (tertiary/aromatic N) is 3. The first-order valence-electron chi connectivity index (χ1n) is 12.6. The molecule has 2 amide bonds. The normalized spacial score (nSPS) is 19.2. The van der Waals surface area contributed by atoms with Crippen molar-refractivity contribution in [1.29, 1.82) is 0 Å². The largest absolute Gasteiger partial charge is 0.365 e. The van der Waals surface area contributed by atoms with Gasteiger partial charge in [-0.15, -0.1) is 32.9 Å². The molecule has 2 atom stereocenters. The maximum absolute atomic E-state index is 12.9. The average molecular weight is 544 g/mol. The number of thiophene rings is 2. The van der Waals surface area contributed by atoms with E-state index >= 15 is 0 Å². The predicted molar refractivity (Wildman–Crippen MR) is 148 cm³/mol. The van der Waals surface area contributed by atoms with Crippen LogP contribution in [0.5, 0.6) is 0 Å². The van der Waals surface area contributed by atoms with Crippen molar-refractivity contribution < 1.29 is 9.59 Å². The Morgan fingerprint density at radius 1 is 1.14 bits per heavy atom. The van der Waals surface area contributed by atoms with Crippen LogP contribution in [0.15, 0.2) is 10.5 Å². The number of nitrogens with one attached hydrogen (secondary N) is 1. The van der Waals surface area contributed by atoms with Gasteiger partial charge in [0.2, 0.25) is 5.91 Å². The van der Waals surface area contributed by atoms with Crippen LogP contribution in [0, 0.1) is 11.8 Å². The molecule has 0 spiro atoms. The first-order valence-corrected chi connectivity index (χ1v) is 15.3. The predicted octanol–water partition coefficient (Wildman–Crippen LogP) is 5.73. The molecule has 192 valence electrons. The molecule has 0 radical (unpaired) electrons. The molecule has 0 saturated carbocycles. The number of nitrogens with two attached hydrogens (primary N) is 1. The van der Waals surface area contributed by atoms with Crippen LogP contribution >= 0.6 is 34.4 Å². The average Bonchev–Trinajstić information content (AvgIpc) is 3.51. The maximum Gasteiger partial charge on any atom is 0.251 e. The van der Waals surface area contributed by atoms with E-state index in [0.717, 1.165) is 54.6 Å². The molecule has 5 rings (SSSR count). The fourth-order valence-electron chi connectivity index (χ4n) is 5.28. The molecule has 0 aromatic carbocycles. The van der Waals surface area contributed by atoms with Gasteiger partial charge < -0.3 is 11.1 Å². The SMILES string of the molecule is CC1CCc2c(-c3nnc(SCC(=O)Nc4sc5c(c4C(N)=O)CCC(C)C5)n3C(C)C)csc2C1. The minimum atomic E-state index is -0.470. The number of rotatable bonds is 7. The number of anilines is 1. The standard InChI is InChI=1S/C26H33N5O2S3/c1-13(2)31-24(18-11-34-19-9-14(3)5-7-16(18)19)29-30-26(31)35-12-21(32)28-25-22(23(27)33)17-8-6-15(4)10-20(17)36-25/h11,13-15H,5-10,12H2,1-4H3,(H2,27,33)(H,28,32). The third kappa shape index (κ3) is 4.87. The number of primary amides is 1. The van der Waals surface area contributed by atoms with Gasteiger partial charge >= 0.3 is 0 Å². The number of fused-ring (bicyclic) bond motifs is 2. The van der Waals surface area contributed by atoms with E-state index in [9.17, 15) is 9.59 Å². The zero-order chi connectivity index (χ0) is 25.6. The summed E-state index contributed by atoms with van der Waals surface area (Å²) in [5, 5.41) is 15.5. The molecule has 7 nitrogen and oxygen atoms in total. The number of carbonyl (C=O) groups excluding carboxylic acids is 2. The number of aromatic nitrogens is 3. The van der Waals surface area contributed by atoms with Crippen molar-refractivity contribution in [2.45, 2.75) is 77.4 Å². The zero-order valence-electron chi connectivity index (χ0n) is 21.2. The number of hydrogen-bond donors (Lipinski definition) is 2. The molecule has 2 unspecified atom stereocenters. The Morgan fingerprint density at radius 3 is 2.53 bits per heavy atom.